The first-order chi connectivity index (χ1) is 16.3. The van der Waals surface area contributed by atoms with Crippen LogP contribution in [0, 0.1) is 11.3 Å². The van der Waals surface area contributed by atoms with Gasteiger partial charge in [-0.3, -0.25) is 9.52 Å². The van der Waals surface area contributed by atoms with Gasteiger partial charge in [0.2, 0.25) is 0 Å². The zero-order valence-corrected chi connectivity index (χ0v) is 19.0. The predicted octanol–water partition coefficient (Wildman–Crippen LogP) is 3.55. The minimum absolute atomic E-state index is 0.0587. The molecule has 0 unspecified atom stereocenters. The van der Waals surface area contributed by atoms with Gasteiger partial charge in [0, 0.05) is 5.69 Å². The molecule has 10 heteroatoms. The summed E-state index contributed by atoms with van der Waals surface area (Å²) in [4.78, 5) is 24.3. The predicted molar refractivity (Wildman–Crippen MR) is 125 cm³/mol. The van der Waals surface area contributed by atoms with Gasteiger partial charge in [-0.15, -0.1) is 0 Å². The Balaban J connectivity index is 1.56. The summed E-state index contributed by atoms with van der Waals surface area (Å²) in [5, 5.41) is 11.6. The number of esters is 1. The second-order valence-corrected chi connectivity index (χ2v) is 8.55. The Morgan fingerprint density at radius 2 is 1.65 bits per heavy atom. The number of rotatable bonds is 9. The monoisotopic (exact) mass is 479 g/mol. The van der Waals surface area contributed by atoms with E-state index in [0.717, 1.165) is 0 Å². The minimum atomic E-state index is -3.83. The molecule has 1 amide bonds. The lowest BCUT2D eigenvalue weighted by Gasteiger charge is -2.10. The Bertz CT molecular complexity index is 1310. The molecule has 2 N–H and O–H groups in total. The maximum Gasteiger partial charge on any atom is 0.338 e. The van der Waals surface area contributed by atoms with Crippen LogP contribution in [0.1, 0.15) is 22.8 Å². The van der Waals surface area contributed by atoms with E-state index in [-0.39, 0.29) is 21.7 Å². The average Bonchev–Trinajstić information content (AvgIpc) is 2.83. The molecule has 0 saturated heterocycles. The number of ether oxygens (including phenoxy) is 2. The molecular formula is C24H21N3O6S. The molecule has 0 fully saturated rings. The third kappa shape index (κ3) is 6.34. The van der Waals surface area contributed by atoms with E-state index in [1.165, 1.54) is 36.4 Å². The van der Waals surface area contributed by atoms with Crippen molar-refractivity contribution >= 4 is 33.3 Å². The molecule has 0 heterocycles. The number of benzene rings is 3. The SMILES string of the molecule is CCOc1ccc(S(=O)(=O)Nc2ccc(C(=O)OCC(=O)Nc3ccccc3C#N)cc2)cc1. The van der Waals surface area contributed by atoms with E-state index in [4.69, 9.17) is 14.7 Å². The number of para-hydroxylation sites is 1. The van der Waals surface area contributed by atoms with Crippen LogP contribution >= 0.6 is 0 Å². The molecule has 0 saturated carbocycles. The van der Waals surface area contributed by atoms with E-state index in [1.54, 1.807) is 36.4 Å². The van der Waals surface area contributed by atoms with Gasteiger partial charge in [0.05, 0.1) is 28.3 Å². The van der Waals surface area contributed by atoms with Gasteiger partial charge in [-0.05, 0) is 67.6 Å². The highest BCUT2D eigenvalue weighted by Crippen LogP contribution is 2.20. The normalized spacial score (nSPS) is 10.6. The first kappa shape index (κ1) is 24.3. The van der Waals surface area contributed by atoms with Crippen LogP contribution in [0.4, 0.5) is 11.4 Å². The minimum Gasteiger partial charge on any atom is -0.494 e. The highest BCUT2D eigenvalue weighted by molar-refractivity contribution is 7.92. The van der Waals surface area contributed by atoms with Crippen molar-refractivity contribution in [1.29, 1.82) is 5.26 Å². The maximum atomic E-state index is 12.6. The lowest BCUT2D eigenvalue weighted by atomic mass is 10.2. The number of nitrogens with one attached hydrogen (secondary N) is 2. The lowest BCUT2D eigenvalue weighted by Crippen LogP contribution is -2.21. The summed E-state index contributed by atoms with van der Waals surface area (Å²) in [6.45, 7) is 1.75. The molecule has 0 atom stereocenters. The van der Waals surface area contributed by atoms with Crippen LogP contribution in [0.15, 0.2) is 77.7 Å². The number of hydrogen-bond donors (Lipinski definition) is 2. The fraction of sp³-hybridized carbons (Fsp3) is 0.125. The summed E-state index contributed by atoms with van der Waals surface area (Å²) in [5.74, 6) is -0.798. The topological polar surface area (TPSA) is 135 Å². The van der Waals surface area contributed by atoms with E-state index >= 15 is 0 Å². The molecule has 0 radical (unpaired) electrons. The fourth-order valence-corrected chi connectivity index (χ4v) is 3.92. The summed E-state index contributed by atoms with van der Waals surface area (Å²) in [7, 11) is -3.83. The summed E-state index contributed by atoms with van der Waals surface area (Å²) in [6, 6.07) is 19.9. The number of carbonyl (C=O) groups excluding carboxylic acids is 2. The van der Waals surface area contributed by atoms with Crippen molar-refractivity contribution in [2.24, 2.45) is 0 Å². The van der Waals surface area contributed by atoms with E-state index in [9.17, 15) is 18.0 Å². The van der Waals surface area contributed by atoms with Crippen LogP contribution < -0.4 is 14.8 Å². The summed E-state index contributed by atoms with van der Waals surface area (Å²) < 4.78 is 37.8. The van der Waals surface area contributed by atoms with Crippen molar-refractivity contribution in [3.8, 4) is 11.8 Å². The van der Waals surface area contributed by atoms with Crippen LogP contribution in [0.5, 0.6) is 5.75 Å². The van der Waals surface area contributed by atoms with Crippen LogP contribution in [-0.4, -0.2) is 33.5 Å². The lowest BCUT2D eigenvalue weighted by molar-refractivity contribution is -0.119. The van der Waals surface area contributed by atoms with E-state index in [1.807, 2.05) is 13.0 Å². The first-order valence-electron chi connectivity index (χ1n) is 10.1. The number of anilines is 2. The fourth-order valence-electron chi connectivity index (χ4n) is 2.86. The molecular weight excluding hydrogens is 458 g/mol. The van der Waals surface area contributed by atoms with E-state index in [2.05, 4.69) is 10.0 Å². The van der Waals surface area contributed by atoms with Crippen molar-refractivity contribution in [3.63, 3.8) is 0 Å². The number of amides is 1. The molecule has 0 aromatic heterocycles. The molecule has 3 aromatic carbocycles. The molecule has 9 nitrogen and oxygen atoms in total. The Hall–Kier alpha value is -4.36. The molecule has 3 rings (SSSR count). The smallest absolute Gasteiger partial charge is 0.338 e. The van der Waals surface area contributed by atoms with Crippen LogP contribution in [0.25, 0.3) is 0 Å². The van der Waals surface area contributed by atoms with Crippen molar-refractivity contribution < 1.29 is 27.5 Å². The zero-order valence-electron chi connectivity index (χ0n) is 18.1. The van der Waals surface area contributed by atoms with Crippen LogP contribution in [-0.2, 0) is 19.6 Å². The Morgan fingerprint density at radius 1 is 0.971 bits per heavy atom. The van der Waals surface area contributed by atoms with Gasteiger partial charge in [-0.1, -0.05) is 12.1 Å². The Morgan fingerprint density at radius 3 is 2.29 bits per heavy atom. The molecule has 0 aliphatic rings. The van der Waals surface area contributed by atoms with Gasteiger partial charge in [0.1, 0.15) is 11.8 Å². The molecule has 0 aliphatic carbocycles. The van der Waals surface area contributed by atoms with Crippen molar-refractivity contribution in [2.75, 3.05) is 23.3 Å². The number of nitriles is 1. The molecule has 0 aliphatic heterocycles. The summed E-state index contributed by atoms with van der Waals surface area (Å²) in [5.41, 5.74) is 0.978. The quantitative estimate of drug-likeness (QED) is 0.448. The van der Waals surface area contributed by atoms with E-state index < -0.39 is 28.5 Å². The standard InChI is InChI=1S/C24H21N3O6S/c1-2-32-20-11-13-21(14-12-20)34(30,31)27-19-9-7-17(8-10-19)24(29)33-16-23(28)26-22-6-4-3-5-18(22)15-25/h3-14,27H,2,16H2,1H3,(H,26,28). The van der Waals surface area contributed by atoms with Gasteiger partial charge in [-0.2, -0.15) is 5.26 Å². The summed E-state index contributed by atoms with van der Waals surface area (Å²) in [6.07, 6.45) is 0. The van der Waals surface area contributed by atoms with Gasteiger partial charge >= 0.3 is 5.97 Å². The van der Waals surface area contributed by atoms with Crippen LogP contribution in [0.2, 0.25) is 0 Å². The third-order valence-corrected chi connectivity index (χ3v) is 5.87. The van der Waals surface area contributed by atoms with Gasteiger partial charge < -0.3 is 14.8 Å². The van der Waals surface area contributed by atoms with Crippen molar-refractivity contribution in [1.82, 2.24) is 0 Å². The Kier molecular flexibility index (Phi) is 7.84. The highest BCUT2D eigenvalue weighted by atomic mass is 32.2. The second-order valence-electron chi connectivity index (χ2n) is 6.87. The number of carbonyl (C=O) groups is 2. The largest absolute Gasteiger partial charge is 0.494 e. The summed E-state index contributed by atoms with van der Waals surface area (Å²) >= 11 is 0. The maximum absolute atomic E-state index is 12.6. The molecule has 34 heavy (non-hydrogen) atoms. The Labute approximate surface area is 197 Å². The van der Waals surface area contributed by atoms with Crippen LogP contribution in [0.3, 0.4) is 0 Å². The molecule has 0 bridgehead atoms. The number of sulfonamides is 1. The second kappa shape index (κ2) is 11.0. The van der Waals surface area contributed by atoms with E-state index in [0.29, 0.717) is 18.0 Å². The average molecular weight is 480 g/mol. The molecule has 0 spiro atoms. The van der Waals surface area contributed by atoms with Crippen molar-refractivity contribution in [3.05, 3.63) is 83.9 Å². The molecule has 174 valence electrons. The van der Waals surface area contributed by atoms with Gasteiger partial charge in [-0.25, -0.2) is 13.2 Å². The number of nitrogens with zero attached hydrogens (tertiary/aromatic N) is 1. The van der Waals surface area contributed by atoms with Gasteiger partial charge in [0.15, 0.2) is 6.61 Å². The molecule has 3 aromatic rings. The highest BCUT2D eigenvalue weighted by Gasteiger charge is 2.16. The first-order valence-corrected chi connectivity index (χ1v) is 11.6. The third-order valence-electron chi connectivity index (χ3n) is 4.47. The number of hydrogen-bond acceptors (Lipinski definition) is 7. The van der Waals surface area contributed by atoms with Crippen molar-refractivity contribution in [2.45, 2.75) is 11.8 Å². The zero-order chi connectivity index (χ0) is 24.6. The van der Waals surface area contributed by atoms with Gasteiger partial charge in [0.25, 0.3) is 15.9 Å².